The number of fused-ring (bicyclic) bond motifs is 1. The van der Waals surface area contributed by atoms with Crippen molar-refractivity contribution in [2.45, 2.75) is 0 Å². The number of para-hydroxylation sites is 1. The van der Waals surface area contributed by atoms with Crippen molar-refractivity contribution in [3.63, 3.8) is 0 Å². The summed E-state index contributed by atoms with van der Waals surface area (Å²) >= 11 is 0. The zero-order valence-electron chi connectivity index (χ0n) is 11.7. The molecule has 6 nitrogen and oxygen atoms in total. The van der Waals surface area contributed by atoms with Gasteiger partial charge in [-0.3, -0.25) is 0 Å². The topological polar surface area (TPSA) is 74.2 Å². The summed E-state index contributed by atoms with van der Waals surface area (Å²) in [5, 5.41) is 8.98. The van der Waals surface area contributed by atoms with Gasteiger partial charge in [0, 0.05) is 5.39 Å². The zero-order valence-corrected chi connectivity index (χ0v) is 11.7. The van der Waals surface area contributed by atoms with Crippen LogP contribution in [0.15, 0.2) is 57.6 Å². The molecular formula is C16H11N3O3. The lowest BCUT2D eigenvalue weighted by molar-refractivity contribution is 0.419. The maximum absolute atomic E-state index is 5.62. The van der Waals surface area contributed by atoms with Crippen molar-refractivity contribution in [1.82, 2.24) is 15.2 Å². The summed E-state index contributed by atoms with van der Waals surface area (Å²) in [7, 11) is 1.62. The fourth-order valence-electron chi connectivity index (χ4n) is 2.23. The summed E-state index contributed by atoms with van der Waals surface area (Å²) < 4.78 is 16.2. The summed E-state index contributed by atoms with van der Waals surface area (Å²) in [6.07, 6.45) is 1.55. The van der Waals surface area contributed by atoms with Gasteiger partial charge in [0.1, 0.15) is 17.0 Å². The predicted octanol–water partition coefficient (Wildman–Crippen LogP) is 3.55. The number of furan rings is 1. The van der Waals surface area contributed by atoms with Gasteiger partial charge in [0.2, 0.25) is 0 Å². The third-order valence-electron chi connectivity index (χ3n) is 3.28. The molecule has 0 atom stereocenters. The van der Waals surface area contributed by atoms with Gasteiger partial charge in [-0.15, -0.1) is 10.2 Å². The number of pyridine rings is 1. The van der Waals surface area contributed by atoms with E-state index >= 15 is 0 Å². The average molecular weight is 293 g/mol. The Hall–Kier alpha value is -3.15. The monoisotopic (exact) mass is 293 g/mol. The number of methoxy groups -OCH3 is 1. The molecule has 3 heterocycles. The summed E-state index contributed by atoms with van der Waals surface area (Å²) in [5.74, 6) is 1.88. The van der Waals surface area contributed by atoms with Gasteiger partial charge in [-0.1, -0.05) is 18.2 Å². The first kappa shape index (κ1) is 12.6. The molecule has 1 aromatic carbocycles. The molecule has 4 rings (SSSR count). The third kappa shape index (κ3) is 2.01. The molecule has 0 spiro atoms. The Labute approximate surface area is 125 Å². The lowest BCUT2D eigenvalue weighted by Crippen LogP contribution is -1.90. The molecule has 6 heteroatoms. The molecule has 0 fully saturated rings. The highest BCUT2D eigenvalue weighted by Gasteiger charge is 2.14. The molecule has 0 saturated carbocycles. The van der Waals surface area contributed by atoms with Gasteiger partial charge >= 0.3 is 0 Å². The molecule has 0 saturated heterocycles. The van der Waals surface area contributed by atoms with E-state index in [9.17, 15) is 0 Å². The van der Waals surface area contributed by atoms with Crippen LogP contribution in [0.1, 0.15) is 0 Å². The van der Waals surface area contributed by atoms with E-state index in [0.29, 0.717) is 29.0 Å². The molecule has 3 aromatic heterocycles. The molecule has 0 amide bonds. The molecule has 0 N–H and O–H groups in total. The van der Waals surface area contributed by atoms with E-state index in [-0.39, 0.29) is 0 Å². The molecule has 108 valence electrons. The molecule has 22 heavy (non-hydrogen) atoms. The van der Waals surface area contributed by atoms with E-state index in [4.69, 9.17) is 13.6 Å². The van der Waals surface area contributed by atoms with Crippen molar-refractivity contribution >= 4 is 10.9 Å². The fraction of sp³-hybridized carbons (Fsp3) is 0.0625. The van der Waals surface area contributed by atoms with Gasteiger partial charge in [0.15, 0.2) is 5.76 Å². The standard InChI is InChI=1S/C16H11N3O3/c1-20-12-5-2-4-10-7-8-11(17-14(10)12)15-18-19-16(22-15)13-6-3-9-21-13/h2-9H,1H3. The Morgan fingerprint density at radius 2 is 1.86 bits per heavy atom. The van der Waals surface area contributed by atoms with E-state index in [1.807, 2.05) is 30.3 Å². The number of aromatic nitrogens is 3. The highest BCUT2D eigenvalue weighted by Crippen LogP contribution is 2.28. The minimum atomic E-state index is 0.321. The number of ether oxygens (including phenoxy) is 1. The van der Waals surface area contributed by atoms with E-state index < -0.39 is 0 Å². The maximum atomic E-state index is 5.62. The van der Waals surface area contributed by atoms with Crippen molar-refractivity contribution in [3.05, 3.63) is 48.7 Å². The van der Waals surface area contributed by atoms with Crippen LogP contribution in [0.25, 0.3) is 34.1 Å². The molecule has 0 aliphatic carbocycles. The van der Waals surface area contributed by atoms with Crippen molar-refractivity contribution in [1.29, 1.82) is 0 Å². The summed E-state index contributed by atoms with van der Waals surface area (Å²) in [6.45, 7) is 0. The van der Waals surface area contributed by atoms with Crippen LogP contribution in [-0.2, 0) is 0 Å². The van der Waals surface area contributed by atoms with Gasteiger partial charge in [-0.05, 0) is 24.3 Å². The van der Waals surface area contributed by atoms with Gasteiger partial charge in [-0.2, -0.15) is 0 Å². The highest BCUT2D eigenvalue weighted by atomic mass is 16.5. The zero-order chi connectivity index (χ0) is 14.9. The highest BCUT2D eigenvalue weighted by molar-refractivity contribution is 5.86. The lowest BCUT2D eigenvalue weighted by Gasteiger charge is -2.04. The number of hydrogen-bond acceptors (Lipinski definition) is 6. The van der Waals surface area contributed by atoms with Crippen LogP contribution in [0.4, 0.5) is 0 Å². The number of hydrogen-bond donors (Lipinski definition) is 0. The maximum Gasteiger partial charge on any atom is 0.283 e. The summed E-state index contributed by atoms with van der Waals surface area (Å²) in [6, 6.07) is 13.0. The SMILES string of the molecule is COc1cccc2ccc(-c3nnc(-c4ccco4)o3)nc12. The van der Waals surface area contributed by atoms with E-state index in [1.165, 1.54) is 0 Å². The molecule has 4 aromatic rings. The molecule has 0 unspecified atom stereocenters. The molecule has 0 radical (unpaired) electrons. The van der Waals surface area contributed by atoms with Crippen LogP contribution >= 0.6 is 0 Å². The van der Waals surface area contributed by atoms with E-state index in [1.54, 1.807) is 25.5 Å². The smallest absolute Gasteiger partial charge is 0.283 e. The molecule has 0 aliphatic rings. The van der Waals surface area contributed by atoms with Gasteiger partial charge < -0.3 is 13.6 Å². The van der Waals surface area contributed by atoms with Gasteiger partial charge in [0.25, 0.3) is 11.8 Å². The average Bonchev–Trinajstić information content (AvgIpc) is 3.24. The van der Waals surface area contributed by atoms with Crippen LogP contribution in [0.3, 0.4) is 0 Å². The number of rotatable bonds is 3. The third-order valence-corrected chi connectivity index (χ3v) is 3.28. The van der Waals surface area contributed by atoms with Gasteiger partial charge in [0.05, 0.1) is 13.4 Å². The first-order valence-electron chi connectivity index (χ1n) is 6.66. The minimum Gasteiger partial charge on any atom is -0.494 e. The minimum absolute atomic E-state index is 0.321. The second kappa shape index (κ2) is 5.00. The van der Waals surface area contributed by atoms with E-state index in [0.717, 1.165) is 10.9 Å². The normalized spacial score (nSPS) is 11.0. The second-order valence-electron chi connectivity index (χ2n) is 4.62. The first-order chi connectivity index (χ1) is 10.8. The Morgan fingerprint density at radius 3 is 2.68 bits per heavy atom. The first-order valence-corrected chi connectivity index (χ1v) is 6.66. The van der Waals surface area contributed by atoms with Crippen molar-refractivity contribution in [3.8, 4) is 29.0 Å². The van der Waals surface area contributed by atoms with Crippen LogP contribution in [0.5, 0.6) is 5.75 Å². The van der Waals surface area contributed by atoms with Crippen LogP contribution in [0.2, 0.25) is 0 Å². The second-order valence-corrected chi connectivity index (χ2v) is 4.62. The van der Waals surface area contributed by atoms with Crippen LogP contribution in [-0.4, -0.2) is 22.3 Å². The molecule has 0 aliphatic heterocycles. The van der Waals surface area contributed by atoms with Crippen molar-refractivity contribution < 1.29 is 13.6 Å². The van der Waals surface area contributed by atoms with Crippen molar-refractivity contribution in [2.24, 2.45) is 0 Å². The Morgan fingerprint density at radius 1 is 0.955 bits per heavy atom. The van der Waals surface area contributed by atoms with Crippen molar-refractivity contribution in [2.75, 3.05) is 7.11 Å². The lowest BCUT2D eigenvalue weighted by atomic mass is 10.2. The quantitative estimate of drug-likeness (QED) is 0.575. The molecule has 0 bridgehead atoms. The number of benzene rings is 1. The van der Waals surface area contributed by atoms with Crippen LogP contribution in [0, 0.1) is 0 Å². The largest absolute Gasteiger partial charge is 0.494 e. The van der Waals surface area contributed by atoms with E-state index in [2.05, 4.69) is 15.2 Å². The predicted molar refractivity (Wildman–Crippen MR) is 79.3 cm³/mol. The fourth-order valence-corrected chi connectivity index (χ4v) is 2.23. The Bertz CT molecular complexity index is 929. The molecular weight excluding hydrogens is 282 g/mol. The van der Waals surface area contributed by atoms with Gasteiger partial charge in [-0.25, -0.2) is 4.98 Å². The van der Waals surface area contributed by atoms with Crippen LogP contribution < -0.4 is 4.74 Å². The Kier molecular flexibility index (Phi) is 2.86. The number of nitrogens with zero attached hydrogens (tertiary/aromatic N) is 3. The summed E-state index contributed by atoms with van der Waals surface area (Å²) in [4.78, 5) is 4.56. The summed E-state index contributed by atoms with van der Waals surface area (Å²) in [5.41, 5.74) is 1.34. The Balaban J connectivity index is 1.81.